The minimum Gasteiger partial charge on any atom is -0.490 e. The third-order valence-electron chi connectivity index (χ3n) is 5.05. The number of aromatic nitrogens is 1. The molecule has 0 aliphatic heterocycles. The lowest BCUT2D eigenvalue weighted by atomic mass is 10.0. The minimum absolute atomic E-state index is 0.0422. The van der Waals surface area contributed by atoms with Crippen LogP contribution in [0.3, 0.4) is 0 Å². The lowest BCUT2D eigenvalue weighted by molar-refractivity contribution is 0.242. The largest absolute Gasteiger partial charge is 0.490 e. The van der Waals surface area contributed by atoms with Crippen molar-refractivity contribution in [2.45, 2.75) is 45.6 Å². The number of hydrogen-bond donors (Lipinski definition) is 0. The van der Waals surface area contributed by atoms with Crippen LogP contribution in [-0.2, 0) is 6.42 Å². The van der Waals surface area contributed by atoms with Crippen molar-refractivity contribution in [3.05, 3.63) is 59.3 Å². The molecule has 0 saturated heterocycles. The molecule has 0 N–H and O–H groups in total. The summed E-state index contributed by atoms with van der Waals surface area (Å²) < 4.78 is 5.73. The third kappa shape index (κ3) is 3.36. The molecule has 0 amide bonds. The van der Waals surface area contributed by atoms with E-state index in [4.69, 9.17) is 9.72 Å². The molecular weight excluding hydrogens is 352 g/mol. The summed E-state index contributed by atoms with van der Waals surface area (Å²) in [7, 11) is 0. The number of ether oxygens (including phenoxy) is 1. The monoisotopic (exact) mass is 374 g/mol. The molecule has 4 rings (SSSR count). The van der Waals surface area contributed by atoms with E-state index in [1.807, 2.05) is 38.2 Å². The van der Waals surface area contributed by atoms with E-state index in [1.54, 1.807) is 11.3 Å². The first-order valence-corrected chi connectivity index (χ1v) is 10.2. The summed E-state index contributed by atoms with van der Waals surface area (Å²) in [6.07, 6.45) is 4.30. The number of thiazole rings is 1. The highest BCUT2D eigenvalue weighted by atomic mass is 32.1. The highest BCUT2D eigenvalue weighted by molar-refractivity contribution is 7.18. The Morgan fingerprint density at radius 3 is 2.89 bits per heavy atom. The summed E-state index contributed by atoms with van der Waals surface area (Å²) in [5.74, 6) is 1.27. The van der Waals surface area contributed by atoms with Gasteiger partial charge in [-0.05, 0) is 67.5 Å². The van der Waals surface area contributed by atoms with Crippen molar-refractivity contribution in [2.24, 2.45) is 0 Å². The Bertz CT molecular complexity index is 1030. The highest BCUT2D eigenvalue weighted by Gasteiger charge is 2.22. The van der Waals surface area contributed by atoms with Gasteiger partial charge in [0.2, 0.25) is 0 Å². The van der Waals surface area contributed by atoms with E-state index in [2.05, 4.69) is 31.2 Å². The van der Waals surface area contributed by atoms with Crippen molar-refractivity contribution < 1.29 is 4.74 Å². The zero-order valence-corrected chi connectivity index (χ0v) is 16.6. The van der Waals surface area contributed by atoms with Gasteiger partial charge in [-0.25, -0.2) is 4.98 Å². The Balaban J connectivity index is 1.69. The molecule has 3 nitrogen and oxygen atoms in total. The maximum absolute atomic E-state index is 9.47. The number of hydrogen-bond acceptors (Lipinski definition) is 4. The summed E-state index contributed by atoms with van der Waals surface area (Å²) in [6, 6.07) is 14.6. The van der Waals surface area contributed by atoms with Crippen LogP contribution in [0.15, 0.2) is 42.6 Å². The van der Waals surface area contributed by atoms with Gasteiger partial charge in [0.15, 0.2) is 0 Å². The molecule has 0 spiro atoms. The molecule has 4 heteroatoms. The average Bonchev–Trinajstić information content (AvgIpc) is 3.29. The van der Waals surface area contributed by atoms with Gasteiger partial charge in [0.05, 0.1) is 16.5 Å². The Labute approximate surface area is 164 Å². The highest BCUT2D eigenvalue weighted by Crippen LogP contribution is 2.41. The topological polar surface area (TPSA) is 45.9 Å². The summed E-state index contributed by atoms with van der Waals surface area (Å²) >= 11 is 1.68. The molecule has 0 saturated carbocycles. The number of fused-ring (bicyclic) bond motifs is 1. The van der Waals surface area contributed by atoms with Crippen LogP contribution in [0.1, 0.15) is 49.8 Å². The molecule has 2 aromatic carbocycles. The summed E-state index contributed by atoms with van der Waals surface area (Å²) in [4.78, 5) is 5.77. The van der Waals surface area contributed by atoms with Gasteiger partial charge in [-0.3, -0.25) is 0 Å². The van der Waals surface area contributed by atoms with E-state index >= 15 is 0 Å². The van der Waals surface area contributed by atoms with E-state index in [9.17, 15) is 5.26 Å². The van der Waals surface area contributed by atoms with E-state index in [-0.39, 0.29) is 6.10 Å². The molecule has 1 aliphatic rings. The lowest BCUT2D eigenvalue weighted by Gasteiger charge is -2.11. The Morgan fingerprint density at radius 1 is 1.26 bits per heavy atom. The first-order valence-electron chi connectivity index (χ1n) is 9.36. The van der Waals surface area contributed by atoms with Crippen LogP contribution >= 0.6 is 11.3 Å². The van der Waals surface area contributed by atoms with Gasteiger partial charge in [0, 0.05) is 11.8 Å². The van der Waals surface area contributed by atoms with Crippen LogP contribution in [-0.4, -0.2) is 11.1 Å². The van der Waals surface area contributed by atoms with E-state index in [0.717, 1.165) is 21.9 Å². The second-order valence-electron chi connectivity index (χ2n) is 7.33. The zero-order valence-electron chi connectivity index (χ0n) is 15.8. The molecule has 3 aromatic rings. The zero-order chi connectivity index (χ0) is 19.0. The first kappa shape index (κ1) is 17.8. The molecule has 0 bridgehead atoms. The van der Waals surface area contributed by atoms with Crippen molar-refractivity contribution >= 4 is 11.3 Å². The van der Waals surface area contributed by atoms with Crippen molar-refractivity contribution in [3.8, 4) is 32.8 Å². The Kier molecular flexibility index (Phi) is 4.72. The van der Waals surface area contributed by atoms with Gasteiger partial charge in [-0.15, -0.1) is 11.3 Å². The van der Waals surface area contributed by atoms with Crippen molar-refractivity contribution in [1.29, 1.82) is 5.26 Å². The molecule has 0 fully saturated rings. The minimum atomic E-state index is 0.0422. The third-order valence-corrected chi connectivity index (χ3v) is 6.13. The summed E-state index contributed by atoms with van der Waals surface area (Å²) in [6.45, 7) is 6.22. The molecule has 136 valence electrons. The van der Waals surface area contributed by atoms with Crippen molar-refractivity contribution in [3.63, 3.8) is 0 Å². The van der Waals surface area contributed by atoms with Crippen LogP contribution < -0.4 is 4.74 Å². The van der Waals surface area contributed by atoms with E-state index < -0.39 is 0 Å². The summed E-state index contributed by atoms with van der Waals surface area (Å²) in [5.41, 5.74) is 5.74. The number of nitrogens with zero attached hydrogens (tertiary/aromatic N) is 2. The number of nitriles is 1. The maximum Gasteiger partial charge on any atom is 0.137 e. The quantitative estimate of drug-likeness (QED) is 0.547. The van der Waals surface area contributed by atoms with Crippen LogP contribution in [0.25, 0.3) is 21.0 Å². The fraction of sp³-hybridized carbons (Fsp3) is 0.304. The van der Waals surface area contributed by atoms with E-state index in [1.165, 1.54) is 23.1 Å². The van der Waals surface area contributed by atoms with Crippen LogP contribution in [0.2, 0.25) is 0 Å². The second kappa shape index (κ2) is 7.17. The average molecular weight is 375 g/mol. The normalized spacial score (nSPS) is 15.6. The molecule has 0 radical (unpaired) electrons. The predicted molar refractivity (Wildman–Crippen MR) is 110 cm³/mol. The van der Waals surface area contributed by atoms with Gasteiger partial charge in [-0.2, -0.15) is 5.26 Å². The van der Waals surface area contributed by atoms with E-state index in [0.29, 0.717) is 17.2 Å². The van der Waals surface area contributed by atoms with Crippen molar-refractivity contribution in [1.82, 2.24) is 4.98 Å². The second-order valence-corrected chi connectivity index (χ2v) is 8.36. The van der Waals surface area contributed by atoms with Crippen molar-refractivity contribution in [2.75, 3.05) is 0 Å². The molecular formula is C23H22N2OS. The molecule has 1 unspecified atom stereocenters. The molecule has 27 heavy (non-hydrogen) atoms. The van der Waals surface area contributed by atoms with Crippen LogP contribution in [0.5, 0.6) is 5.75 Å². The van der Waals surface area contributed by atoms with Gasteiger partial charge in [0.1, 0.15) is 16.8 Å². The smallest absolute Gasteiger partial charge is 0.137 e. The van der Waals surface area contributed by atoms with Gasteiger partial charge >= 0.3 is 0 Å². The Morgan fingerprint density at radius 2 is 2.11 bits per heavy atom. The molecule has 1 aromatic heterocycles. The number of benzene rings is 2. The first-order chi connectivity index (χ1) is 13.1. The fourth-order valence-corrected chi connectivity index (χ4v) is 4.69. The molecule has 1 heterocycles. The SMILES string of the molecule is CC(C)Oc1ccc(-c2cnc(-c3cccc4c3CCC4C)s2)cc1C#N. The summed E-state index contributed by atoms with van der Waals surface area (Å²) in [5, 5.41) is 10.5. The fourth-order valence-electron chi connectivity index (χ4n) is 3.72. The maximum atomic E-state index is 9.47. The van der Waals surface area contributed by atoms with Gasteiger partial charge in [0.25, 0.3) is 0 Å². The van der Waals surface area contributed by atoms with Crippen LogP contribution in [0.4, 0.5) is 0 Å². The standard InChI is InChI=1S/C23H22N2OS/c1-14(2)26-21-10-8-16(11-17(21)12-24)22-13-25-23(27-22)20-6-4-5-18-15(3)7-9-19(18)20/h4-6,8,10-11,13-15H,7,9H2,1-3H3. The van der Waals surface area contributed by atoms with Crippen LogP contribution in [0, 0.1) is 11.3 Å². The Hall–Kier alpha value is -2.64. The molecule has 1 aliphatic carbocycles. The molecule has 1 atom stereocenters. The van der Waals surface area contributed by atoms with Gasteiger partial charge in [-0.1, -0.05) is 25.1 Å². The lowest BCUT2D eigenvalue weighted by Crippen LogP contribution is -2.06. The number of rotatable bonds is 4. The van der Waals surface area contributed by atoms with Gasteiger partial charge < -0.3 is 4.74 Å². The predicted octanol–water partition coefficient (Wildman–Crippen LogP) is 6.19.